The first-order valence-corrected chi connectivity index (χ1v) is 11.3. The van der Waals surface area contributed by atoms with Gasteiger partial charge in [-0.3, -0.25) is 9.59 Å². The molecule has 2 aromatic carbocycles. The summed E-state index contributed by atoms with van der Waals surface area (Å²) in [7, 11) is 3.19. The van der Waals surface area contributed by atoms with Gasteiger partial charge in [0.25, 0.3) is 0 Å². The maximum absolute atomic E-state index is 13.2. The van der Waals surface area contributed by atoms with Gasteiger partial charge in [-0.2, -0.15) is 0 Å². The average molecular weight is 464 g/mol. The van der Waals surface area contributed by atoms with E-state index in [-0.39, 0.29) is 11.8 Å². The molecule has 34 heavy (non-hydrogen) atoms. The fourth-order valence-corrected chi connectivity index (χ4v) is 3.82. The Hall–Kier alpha value is -3.54. The van der Waals surface area contributed by atoms with Crippen LogP contribution in [0.2, 0.25) is 0 Å². The van der Waals surface area contributed by atoms with E-state index in [2.05, 4.69) is 4.98 Å². The normalized spacial score (nSPS) is 13.1. The van der Waals surface area contributed by atoms with Crippen molar-refractivity contribution < 1.29 is 23.8 Å². The number of rotatable bonds is 9. The van der Waals surface area contributed by atoms with Gasteiger partial charge >= 0.3 is 5.97 Å². The van der Waals surface area contributed by atoms with E-state index in [1.807, 2.05) is 45.9 Å². The summed E-state index contributed by atoms with van der Waals surface area (Å²) in [6.07, 6.45) is 2.79. The second kappa shape index (κ2) is 10.2. The molecule has 3 aromatic rings. The van der Waals surface area contributed by atoms with Crippen molar-refractivity contribution in [2.45, 2.75) is 51.6 Å². The lowest BCUT2D eigenvalue weighted by Gasteiger charge is -2.31. The molecule has 6 heteroatoms. The van der Waals surface area contributed by atoms with Gasteiger partial charge in [0, 0.05) is 23.0 Å². The zero-order valence-corrected chi connectivity index (χ0v) is 20.7. The number of H-pyrrole nitrogens is 1. The highest BCUT2D eigenvalue weighted by atomic mass is 16.6. The van der Waals surface area contributed by atoms with Crippen LogP contribution in [0.25, 0.3) is 0 Å². The molecule has 0 radical (unpaired) electrons. The fourth-order valence-electron chi connectivity index (χ4n) is 3.82. The Labute approximate surface area is 201 Å². The zero-order chi connectivity index (χ0) is 24.9. The molecule has 1 aromatic heterocycles. The molecule has 3 rings (SSSR count). The molecule has 0 aliphatic rings. The van der Waals surface area contributed by atoms with Crippen LogP contribution in [0.1, 0.15) is 61.3 Å². The zero-order valence-electron chi connectivity index (χ0n) is 20.7. The van der Waals surface area contributed by atoms with E-state index in [0.29, 0.717) is 35.5 Å². The van der Waals surface area contributed by atoms with Crippen molar-refractivity contribution in [1.29, 1.82) is 0 Å². The smallest absolute Gasteiger partial charge is 0.318 e. The Kier molecular flexibility index (Phi) is 7.50. The second-order valence-electron chi connectivity index (χ2n) is 9.50. The minimum absolute atomic E-state index is 0.0918. The standard InChI is InChI=1S/C28H33NO5/c1-27(2,3)34-26(31)28(4,24-8-7-17-29-24)16-15-20-18-21(11-14-23(20)33-6)25(30)19-9-12-22(32-5)13-10-19/h7-14,17-18,29H,15-16H2,1-6H3. The number of methoxy groups -OCH3 is 2. The highest BCUT2D eigenvalue weighted by molar-refractivity contribution is 6.09. The number of hydrogen-bond donors (Lipinski definition) is 1. The van der Waals surface area contributed by atoms with Crippen molar-refractivity contribution in [2.75, 3.05) is 14.2 Å². The van der Waals surface area contributed by atoms with Gasteiger partial charge in [-0.05, 0) is 101 Å². The molecule has 0 spiro atoms. The number of carbonyl (C=O) groups is 2. The summed E-state index contributed by atoms with van der Waals surface area (Å²) in [5.74, 6) is 0.972. The molecule has 180 valence electrons. The summed E-state index contributed by atoms with van der Waals surface area (Å²) in [6.45, 7) is 7.46. The highest BCUT2D eigenvalue weighted by Gasteiger charge is 2.39. The Morgan fingerprint density at radius 2 is 1.56 bits per heavy atom. The first kappa shape index (κ1) is 25.1. The van der Waals surface area contributed by atoms with Crippen LogP contribution in [0.15, 0.2) is 60.8 Å². The minimum Gasteiger partial charge on any atom is -0.497 e. The molecule has 1 unspecified atom stereocenters. The van der Waals surface area contributed by atoms with Crippen molar-refractivity contribution in [3.8, 4) is 11.5 Å². The minimum atomic E-state index is -0.891. The summed E-state index contributed by atoms with van der Waals surface area (Å²) in [4.78, 5) is 29.5. The number of hydrogen-bond acceptors (Lipinski definition) is 5. The van der Waals surface area contributed by atoms with E-state index in [4.69, 9.17) is 14.2 Å². The van der Waals surface area contributed by atoms with Gasteiger partial charge in [0.1, 0.15) is 22.5 Å². The molecule has 0 saturated heterocycles. The van der Waals surface area contributed by atoms with Crippen molar-refractivity contribution >= 4 is 11.8 Å². The SMILES string of the molecule is COc1ccc(C(=O)c2ccc(OC)c(CCC(C)(C(=O)OC(C)(C)C)c3ccc[nH]3)c2)cc1. The molecule has 0 amide bonds. The Morgan fingerprint density at radius 1 is 0.882 bits per heavy atom. The van der Waals surface area contributed by atoms with Gasteiger partial charge < -0.3 is 19.2 Å². The van der Waals surface area contributed by atoms with Crippen LogP contribution >= 0.6 is 0 Å². The predicted octanol–water partition coefficient (Wildman–Crippen LogP) is 5.50. The topological polar surface area (TPSA) is 77.6 Å². The molecular formula is C28H33NO5. The summed E-state index contributed by atoms with van der Waals surface area (Å²) in [6, 6.07) is 16.2. The number of carbonyl (C=O) groups excluding carboxylic acids is 2. The molecule has 1 N–H and O–H groups in total. The number of aromatic amines is 1. The molecule has 0 bridgehead atoms. The molecule has 0 fully saturated rings. The molecule has 1 atom stereocenters. The van der Waals surface area contributed by atoms with Gasteiger partial charge in [0.05, 0.1) is 14.2 Å². The first-order valence-electron chi connectivity index (χ1n) is 11.3. The second-order valence-corrected chi connectivity index (χ2v) is 9.50. The summed E-state index contributed by atoms with van der Waals surface area (Å²) < 4.78 is 16.5. The fraction of sp³-hybridized carbons (Fsp3) is 0.357. The number of benzene rings is 2. The van der Waals surface area contributed by atoms with E-state index < -0.39 is 11.0 Å². The Balaban J connectivity index is 1.89. The molecule has 0 saturated carbocycles. The number of esters is 1. The molecule has 6 nitrogen and oxygen atoms in total. The van der Waals surface area contributed by atoms with Crippen LogP contribution in [0.4, 0.5) is 0 Å². The molecule has 0 aliphatic heterocycles. The number of aryl methyl sites for hydroxylation is 1. The quantitative estimate of drug-likeness (QED) is 0.335. The lowest BCUT2D eigenvalue weighted by atomic mass is 9.80. The van der Waals surface area contributed by atoms with Crippen molar-refractivity contribution in [3.63, 3.8) is 0 Å². The Morgan fingerprint density at radius 3 is 2.12 bits per heavy atom. The third-order valence-electron chi connectivity index (χ3n) is 5.83. The van der Waals surface area contributed by atoms with Crippen molar-refractivity contribution in [1.82, 2.24) is 4.98 Å². The monoisotopic (exact) mass is 463 g/mol. The van der Waals surface area contributed by atoms with Crippen LogP contribution in [0, 0.1) is 0 Å². The first-order chi connectivity index (χ1) is 16.1. The van der Waals surface area contributed by atoms with E-state index in [1.165, 1.54) is 0 Å². The molecular weight excluding hydrogens is 430 g/mol. The highest BCUT2D eigenvalue weighted by Crippen LogP contribution is 2.33. The summed E-state index contributed by atoms with van der Waals surface area (Å²) in [5, 5.41) is 0. The number of nitrogens with one attached hydrogen (secondary N) is 1. The number of ether oxygens (including phenoxy) is 3. The number of aromatic nitrogens is 1. The third kappa shape index (κ3) is 5.68. The molecule has 1 heterocycles. The van der Waals surface area contributed by atoms with Gasteiger partial charge in [0.2, 0.25) is 0 Å². The number of ketones is 1. The van der Waals surface area contributed by atoms with Crippen molar-refractivity contribution in [2.24, 2.45) is 0 Å². The van der Waals surface area contributed by atoms with E-state index in [9.17, 15) is 9.59 Å². The Bertz CT molecular complexity index is 1130. The van der Waals surface area contributed by atoms with E-state index in [1.54, 1.807) is 56.8 Å². The van der Waals surface area contributed by atoms with Crippen LogP contribution in [-0.2, 0) is 21.4 Å². The van der Waals surface area contributed by atoms with Crippen LogP contribution in [0.5, 0.6) is 11.5 Å². The maximum Gasteiger partial charge on any atom is 0.318 e. The largest absolute Gasteiger partial charge is 0.497 e. The van der Waals surface area contributed by atoms with Gasteiger partial charge in [-0.1, -0.05) is 0 Å². The lowest BCUT2D eigenvalue weighted by Crippen LogP contribution is -2.39. The van der Waals surface area contributed by atoms with Crippen LogP contribution in [-0.4, -0.2) is 36.6 Å². The van der Waals surface area contributed by atoms with E-state index in [0.717, 1.165) is 11.3 Å². The van der Waals surface area contributed by atoms with Crippen molar-refractivity contribution in [3.05, 3.63) is 83.2 Å². The van der Waals surface area contributed by atoms with E-state index >= 15 is 0 Å². The predicted molar refractivity (Wildman–Crippen MR) is 132 cm³/mol. The van der Waals surface area contributed by atoms with Gasteiger partial charge in [-0.25, -0.2) is 0 Å². The van der Waals surface area contributed by atoms with Gasteiger partial charge in [-0.15, -0.1) is 0 Å². The summed E-state index contributed by atoms with van der Waals surface area (Å²) >= 11 is 0. The lowest BCUT2D eigenvalue weighted by molar-refractivity contribution is -0.162. The maximum atomic E-state index is 13.2. The summed E-state index contributed by atoms with van der Waals surface area (Å²) in [5.41, 5.74) is 1.27. The van der Waals surface area contributed by atoms with Crippen LogP contribution in [0.3, 0.4) is 0 Å². The van der Waals surface area contributed by atoms with Crippen LogP contribution < -0.4 is 9.47 Å². The molecule has 0 aliphatic carbocycles. The third-order valence-corrected chi connectivity index (χ3v) is 5.83. The van der Waals surface area contributed by atoms with Gasteiger partial charge in [0.15, 0.2) is 5.78 Å². The average Bonchev–Trinajstić information content (AvgIpc) is 3.36.